The second kappa shape index (κ2) is 6.68. The van der Waals surface area contributed by atoms with E-state index in [1.165, 1.54) is 0 Å². The van der Waals surface area contributed by atoms with Gasteiger partial charge in [-0.1, -0.05) is 47.6 Å². The summed E-state index contributed by atoms with van der Waals surface area (Å²) in [7, 11) is 0. The smallest absolute Gasteiger partial charge is 0.162 e. The minimum atomic E-state index is -0.207. The fourth-order valence-corrected chi connectivity index (χ4v) is 2.49. The molecule has 22 heavy (non-hydrogen) atoms. The molecule has 0 aromatic heterocycles. The number of carbonyl (C=O) groups is 1. The number of hydrogen-bond donors (Lipinski definition) is 1. The topological polar surface area (TPSA) is 37.3 Å². The predicted molar refractivity (Wildman–Crippen MR) is 93.9 cm³/mol. The summed E-state index contributed by atoms with van der Waals surface area (Å²) in [4.78, 5) is 12.5. The Hall–Kier alpha value is -1.57. The molecule has 0 fully saturated rings. The molecule has 0 aliphatic carbocycles. The Morgan fingerprint density at radius 2 is 1.55 bits per heavy atom. The number of Topliss-reactive ketones (excluding diaryl/α,β-unsaturated/α-hetero) is 1. The van der Waals surface area contributed by atoms with Crippen LogP contribution in [0.25, 0.3) is 0 Å². The number of phenols is 1. The summed E-state index contributed by atoms with van der Waals surface area (Å²) in [6.07, 6.45) is 4.02. The maximum Gasteiger partial charge on any atom is 0.162 e. The van der Waals surface area contributed by atoms with E-state index < -0.39 is 0 Å². The summed E-state index contributed by atoms with van der Waals surface area (Å²) >= 11 is 0. The van der Waals surface area contributed by atoms with Crippen molar-refractivity contribution in [3.05, 3.63) is 41.5 Å². The molecule has 1 rings (SSSR count). The SMILES string of the molecule is C=CCCCC(=O)c1cc(C(C)(C)C)c(O)c(C(C)(C)C)c1. The number of unbranched alkanes of at least 4 members (excludes halogenated alkanes) is 1. The van der Waals surface area contributed by atoms with Crippen molar-refractivity contribution in [2.45, 2.75) is 71.6 Å². The lowest BCUT2D eigenvalue weighted by molar-refractivity contribution is 0.0980. The molecule has 1 aromatic rings. The van der Waals surface area contributed by atoms with Gasteiger partial charge in [0.05, 0.1) is 0 Å². The van der Waals surface area contributed by atoms with Crippen LogP contribution in [-0.2, 0) is 10.8 Å². The van der Waals surface area contributed by atoms with Crippen LogP contribution in [0.15, 0.2) is 24.8 Å². The number of carbonyl (C=O) groups excluding carboxylic acids is 1. The van der Waals surface area contributed by atoms with E-state index in [1.807, 2.05) is 18.2 Å². The molecular weight excluding hydrogens is 272 g/mol. The first kappa shape index (κ1) is 18.5. The van der Waals surface area contributed by atoms with Gasteiger partial charge in [-0.3, -0.25) is 4.79 Å². The average Bonchev–Trinajstić information content (AvgIpc) is 2.36. The lowest BCUT2D eigenvalue weighted by Crippen LogP contribution is -2.18. The van der Waals surface area contributed by atoms with Crippen molar-refractivity contribution in [3.63, 3.8) is 0 Å². The van der Waals surface area contributed by atoms with Crippen LogP contribution >= 0.6 is 0 Å². The largest absolute Gasteiger partial charge is 0.507 e. The molecule has 0 heterocycles. The molecule has 2 heteroatoms. The van der Waals surface area contributed by atoms with Crippen LogP contribution in [0, 0.1) is 0 Å². The standard InChI is InChI=1S/C20H30O2/c1-8-9-10-11-17(21)14-12-15(19(2,3)4)18(22)16(13-14)20(5,6)7/h8,12-13,22H,1,9-11H2,2-7H3. The molecule has 0 spiro atoms. The van der Waals surface area contributed by atoms with Gasteiger partial charge in [0, 0.05) is 23.1 Å². The summed E-state index contributed by atoms with van der Waals surface area (Å²) in [5.41, 5.74) is 1.97. The molecule has 0 radical (unpaired) electrons. The first-order valence-corrected chi connectivity index (χ1v) is 8.00. The fraction of sp³-hybridized carbons (Fsp3) is 0.550. The van der Waals surface area contributed by atoms with Gasteiger partial charge in [-0.2, -0.15) is 0 Å². The van der Waals surface area contributed by atoms with E-state index in [0.29, 0.717) is 17.7 Å². The molecule has 0 aliphatic heterocycles. The Kier molecular flexibility index (Phi) is 5.61. The first-order chi connectivity index (χ1) is 9.98. The molecule has 0 amide bonds. The Morgan fingerprint density at radius 1 is 1.09 bits per heavy atom. The van der Waals surface area contributed by atoms with Crippen LogP contribution in [-0.4, -0.2) is 10.9 Å². The highest BCUT2D eigenvalue weighted by Gasteiger charge is 2.27. The quantitative estimate of drug-likeness (QED) is 0.441. The maximum absolute atomic E-state index is 12.5. The van der Waals surface area contributed by atoms with Crippen LogP contribution in [0.1, 0.15) is 82.3 Å². The van der Waals surface area contributed by atoms with Crippen molar-refractivity contribution in [2.24, 2.45) is 0 Å². The predicted octanol–water partition coefficient (Wildman–Crippen LogP) is 5.53. The van der Waals surface area contributed by atoms with E-state index >= 15 is 0 Å². The lowest BCUT2D eigenvalue weighted by atomic mass is 9.78. The van der Waals surface area contributed by atoms with E-state index in [0.717, 1.165) is 24.0 Å². The molecular formula is C20H30O2. The molecule has 0 unspecified atom stereocenters. The van der Waals surface area contributed by atoms with Crippen LogP contribution in [0.3, 0.4) is 0 Å². The summed E-state index contributed by atoms with van der Waals surface area (Å²) in [5.74, 6) is 0.459. The van der Waals surface area contributed by atoms with Crippen LogP contribution in [0.4, 0.5) is 0 Å². The highest BCUT2D eigenvalue weighted by molar-refractivity contribution is 5.96. The number of allylic oxidation sites excluding steroid dienone is 1. The zero-order valence-corrected chi connectivity index (χ0v) is 14.9. The Bertz CT molecular complexity index is 519. The molecule has 0 atom stereocenters. The molecule has 2 nitrogen and oxygen atoms in total. The normalized spacial score (nSPS) is 12.3. The summed E-state index contributed by atoms with van der Waals surface area (Å²) in [6, 6.07) is 3.72. The molecule has 0 bridgehead atoms. The second-order valence-corrected chi connectivity index (χ2v) is 8.02. The van der Waals surface area contributed by atoms with Gasteiger partial charge in [0.25, 0.3) is 0 Å². The summed E-state index contributed by atoms with van der Waals surface area (Å²) < 4.78 is 0. The van der Waals surface area contributed by atoms with E-state index in [2.05, 4.69) is 48.1 Å². The minimum absolute atomic E-state index is 0.137. The van der Waals surface area contributed by atoms with Crippen molar-refractivity contribution in [1.82, 2.24) is 0 Å². The van der Waals surface area contributed by atoms with Gasteiger partial charge in [0.15, 0.2) is 5.78 Å². The second-order valence-electron chi connectivity index (χ2n) is 8.02. The minimum Gasteiger partial charge on any atom is -0.507 e. The van der Waals surface area contributed by atoms with Crippen molar-refractivity contribution in [2.75, 3.05) is 0 Å². The number of phenolic OH excluding ortho intramolecular Hbond substituents is 1. The highest BCUT2D eigenvalue weighted by Crippen LogP contribution is 2.40. The van der Waals surface area contributed by atoms with Crippen molar-refractivity contribution < 1.29 is 9.90 Å². The molecule has 1 aromatic carbocycles. The van der Waals surface area contributed by atoms with Crippen molar-refractivity contribution in [1.29, 1.82) is 0 Å². The van der Waals surface area contributed by atoms with Gasteiger partial charge in [-0.05, 0) is 35.8 Å². The third-order valence-electron chi connectivity index (χ3n) is 3.86. The Balaban J connectivity index is 3.35. The van der Waals surface area contributed by atoms with Crippen molar-refractivity contribution in [3.8, 4) is 5.75 Å². The molecule has 0 saturated carbocycles. The van der Waals surface area contributed by atoms with Gasteiger partial charge < -0.3 is 5.11 Å². The van der Waals surface area contributed by atoms with Crippen LogP contribution in [0.5, 0.6) is 5.75 Å². The van der Waals surface area contributed by atoms with E-state index in [4.69, 9.17) is 0 Å². The van der Waals surface area contributed by atoms with Gasteiger partial charge in [0.2, 0.25) is 0 Å². The third-order valence-corrected chi connectivity index (χ3v) is 3.86. The highest BCUT2D eigenvalue weighted by atomic mass is 16.3. The summed E-state index contributed by atoms with van der Waals surface area (Å²) in [5, 5.41) is 10.7. The van der Waals surface area contributed by atoms with Crippen LogP contribution in [0.2, 0.25) is 0 Å². The van der Waals surface area contributed by atoms with E-state index in [1.54, 1.807) is 0 Å². The Labute approximate surface area is 135 Å². The first-order valence-electron chi connectivity index (χ1n) is 8.00. The fourth-order valence-electron chi connectivity index (χ4n) is 2.49. The number of ketones is 1. The third kappa shape index (κ3) is 4.46. The molecule has 0 saturated heterocycles. The monoisotopic (exact) mass is 302 g/mol. The van der Waals surface area contributed by atoms with E-state index in [-0.39, 0.29) is 16.6 Å². The zero-order valence-electron chi connectivity index (χ0n) is 14.9. The number of benzene rings is 1. The maximum atomic E-state index is 12.5. The zero-order chi connectivity index (χ0) is 17.1. The van der Waals surface area contributed by atoms with Gasteiger partial charge in [-0.25, -0.2) is 0 Å². The number of hydrogen-bond acceptors (Lipinski definition) is 2. The summed E-state index contributed by atoms with van der Waals surface area (Å²) in [6.45, 7) is 16.0. The van der Waals surface area contributed by atoms with Crippen LogP contribution < -0.4 is 0 Å². The Morgan fingerprint density at radius 3 is 1.91 bits per heavy atom. The molecule has 122 valence electrons. The van der Waals surface area contributed by atoms with Gasteiger partial charge in [-0.15, -0.1) is 6.58 Å². The van der Waals surface area contributed by atoms with Crippen molar-refractivity contribution >= 4 is 5.78 Å². The average molecular weight is 302 g/mol. The molecule has 0 aliphatic rings. The number of rotatable bonds is 5. The number of aromatic hydroxyl groups is 1. The molecule has 1 N–H and O–H groups in total. The van der Waals surface area contributed by atoms with Gasteiger partial charge >= 0.3 is 0 Å². The van der Waals surface area contributed by atoms with Gasteiger partial charge in [0.1, 0.15) is 5.75 Å². The van der Waals surface area contributed by atoms with E-state index in [9.17, 15) is 9.90 Å². The lowest BCUT2D eigenvalue weighted by Gasteiger charge is -2.28.